The van der Waals surface area contributed by atoms with Crippen LogP contribution in [0.2, 0.25) is 0 Å². The van der Waals surface area contributed by atoms with Gasteiger partial charge in [-0.3, -0.25) is 14.6 Å². The third-order valence-electron chi connectivity index (χ3n) is 5.17. The maximum atomic E-state index is 13.0. The van der Waals surface area contributed by atoms with Crippen LogP contribution in [0.25, 0.3) is 5.76 Å². The second-order valence-electron chi connectivity index (χ2n) is 7.80. The topological polar surface area (TPSA) is 83.0 Å². The van der Waals surface area contributed by atoms with Crippen molar-refractivity contribution in [3.05, 3.63) is 65.5 Å². The summed E-state index contributed by atoms with van der Waals surface area (Å²) in [4.78, 5) is 33.4. The normalized spacial score (nSPS) is 18.1. The molecule has 0 radical (unpaired) electrons. The lowest BCUT2D eigenvalue weighted by Gasteiger charge is -2.26. The number of likely N-dealkylation sites (tertiary alicyclic amines) is 1. The number of ketones is 1. The fraction of sp³-hybridized carbons (Fsp3) is 0.375. The van der Waals surface area contributed by atoms with Gasteiger partial charge in [-0.25, -0.2) is 0 Å². The number of hydrogen-bond acceptors (Lipinski definition) is 6. The van der Waals surface area contributed by atoms with Crippen LogP contribution in [0, 0.1) is 0 Å². The number of ether oxygens (including phenoxy) is 1. The first-order chi connectivity index (χ1) is 14.9. The zero-order chi connectivity index (χ0) is 22.4. The Bertz CT molecular complexity index is 939. The molecule has 2 heterocycles. The number of aromatic nitrogens is 1. The van der Waals surface area contributed by atoms with E-state index in [-0.39, 0.29) is 11.3 Å². The summed E-state index contributed by atoms with van der Waals surface area (Å²) in [5.74, 6) is -0.724. The third-order valence-corrected chi connectivity index (χ3v) is 5.17. The van der Waals surface area contributed by atoms with Crippen molar-refractivity contribution in [1.82, 2.24) is 14.8 Å². The van der Waals surface area contributed by atoms with Crippen molar-refractivity contribution in [3.63, 3.8) is 0 Å². The first-order valence-corrected chi connectivity index (χ1v) is 10.5. The van der Waals surface area contributed by atoms with Gasteiger partial charge in [-0.2, -0.15) is 0 Å². The van der Waals surface area contributed by atoms with E-state index in [0.29, 0.717) is 25.1 Å². The summed E-state index contributed by atoms with van der Waals surface area (Å²) < 4.78 is 5.66. The largest absolute Gasteiger partial charge is 0.507 e. The molecule has 1 aliphatic rings. The summed E-state index contributed by atoms with van der Waals surface area (Å²) in [7, 11) is 3.92. The molecule has 0 bridgehead atoms. The van der Waals surface area contributed by atoms with Gasteiger partial charge in [0.2, 0.25) is 0 Å². The number of aliphatic hydroxyl groups is 1. The van der Waals surface area contributed by atoms with E-state index in [4.69, 9.17) is 4.74 Å². The molecule has 0 spiro atoms. The fourth-order valence-corrected chi connectivity index (χ4v) is 3.65. The quantitative estimate of drug-likeness (QED) is 0.379. The number of amides is 1. The van der Waals surface area contributed by atoms with Gasteiger partial charge in [-0.15, -0.1) is 0 Å². The molecule has 3 rings (SSSR count). The molecule has 1 aromatic carbocycles. The van der Waals surface area contributed by atoms with Gasteiger partial charge in [-0.1, -0.05) is 19.1 Å². The number of benzene rings is 1. The molecule has 31 heavy (non-hydrogen) atoms. The molecule has 1 aliphatic heterocycles. The maximum Gasteiger partial charge on any atom is 0.295 e. The smallest absolute Gasteiger partial charge is 0.295 e. The standard InChI is InChI=1S/C24H29N3O4/c1-4-16-31-19-8-6-17(7-9-19)21-20(22(28)18-10-12-25-13-11-18)23(29)24(30)27(21)15-5-14-26(2)3/h6-13,21,28H,4-5,14-16H2,1-3H3/b22-20+/t21-/m0/s1. The SMILES string of the molecule is CCCOc1ccc([C@H]2/C(=C(\O)c3ccncc3)C(=O)C(=O)N2CCCN(C)C)cc1. The van der Waals surface area contributed by atoms with Crippen molar-refractivity contribution in [3.8, 4) is 5.75 Å². The Morgan fingerprint density at radius 3 is 2.42 bits per heavy atom. The Kier molecular flexibility index (Phi) is 7.41. The number of rotatable bonds is 9. The molecule has 1 aromatic heterocycles. The van der Waals surface area contributed by atoms with Gasteiger partial charge in [0.05, 0.1) is 18.2 Å². The Morgan fingerprint density at radius 2 is 1.81 bits per heavy atom. The van der Waals surface area contributed by atoms with Crippen LogP contribution < -0.4 is 4.74 Å². The Balaban J connectivity index is 2.02. The molecule has 1 saturated heterocycles. The fourth-order valence-electron chi connectivity index (χ4n) is 3.65. The predicted octanol–water partition coefficient (Wildman–Crippen LogP) is 3.24. The molecule has 1 N–H and O–H groups in total. The maximum absolute atomic E-state index is 13.0. The van der Waals surface area contributed by atoms with E-state index in [1.807, 2.05) is 50.2 Å². The van der Waals surface area contributed by atoms with Crippen molar-refractivity contribution in [2.75, 3.05) is 33.8 Å². The lowest BCUT2D eigenvalue weighted by molar-refractivity contribution is -0.139. The molecular formula is C24H29N3O4. The highest BCUT2D eigenvalue weighted by atomic mass is 16.5. The Morgan fingerprint density at radius 1 is 1.13 bits per heavy atom. The van der Waals surface area contributed by atoms with Crippen LogP contribution in [0.3, 0.4) is 0 Å². The molecule has 1 amide bonds. The van der Waals surface area contributed by atoms with Crippen LogP contribution in [-0.4, -0.2) is 65.4 Å². The van der Waals surface area contributed by atoms with E-state index in [0.717, 1.165) is 24.3 Å². The van der Waals surface area contributed by atoms with Crippen molar-refractivity contribution in [2.24, 2.45) is 0 Å². The molecule has 0 saturated carbocycles. The minimum absolute atomic E-state index is 0.100. The Labute approximate surface area is 183 Å². The number of carbonyl (C=O) groups excluding carboxylic acids is 2. The summed E-state index contributed by atoms with van der Waals surface area (Å²) in [5, 5.41) is 11.0. The zero-order valence-electron chi connectivity index (χ0n) is 18.2. The highest BCUT2D eigenvalue weighted by Gasteiger charge is 2.45. The molecule has 0 aliphatic carbocycles. The summed E-state index contributed by atoms with van der Waals surface area (Å²) in [6.45, 7) is 3.84. The first-order valence-electron chi connectivity index (χ1n) is 10.5. The highest BCUT2D eigenvalue weighted by Crippen LogP contribution is 2.39. The van der Waals surface area contributed by atoms with Gasteiger partial charge >= 0.3 is 0 Å². The summed E-state index contributed by atoms with van der Waals surface area (Å²) >= 11 is 0. The summed E-state index contributed by atoms with van der Waals surface area (Å²) in [5.41, 5.74) is 1.31. The van der Waals surface area contributed by atoms with Crippen LogP contribution in [-0.2, 0) is 9.59 Å². The zero-order valence-corrected chi connectivity index (χ0v) is 18.2. The molecule has 1 fully saturated rings. The van der Waals surface area contributed by atoms with E-state index in [2.05, 4.69) is 4.98 Å². The highest BCUT2D eigenvalue weighted by molar-refractivity contribution is 6.46. The third kappa shape index (κ3) is 5.11. The van der Waals surface area contributed by atoms with Gasteiger partial charge in [0.15, 0.2) is 0 Å². The number of pyridine rings is 1. The lowest BCUT2D eigenvalue weighted by Crippen LogP contribution is -2.32. The van der Waals surface area contributed by atoms with Gasteiger partial charge < -0.3 is 19.6 Å². The molecule has 164 valence electrons. The van der Waals surface area contributed by atoms with Crippen LogP contribution >= 0.6 is 0 Å². The number of carbonyl (C=O) groups is 2. The minimum atomic E-state index is -0.671. The molecule has 7 heteroatoms. The number of Topliss-reactive ketones (excluding diaryl/α,β-unsaturated/α-hetero) is 1. The number of nitrogens with zero attached hydrogens (tertiary/aromatic N) is 3. The van der Waals surface area contributed by atoms with Gasteiger partial charge in [-0.05, 0) is 63.3 Å². The van der Waals surface area contributed by atoms with Gasteiger partial charge in [0.1, 0.15) is 11.5 Å². The van der Waals surface area contributed by atoms with Crippen LogP contribution in [0.15, 0.2) is 54.4 Å². The Hall–Kier alpha value is -3.19. The second-order valence-corrected chi connectivity index (χ2v) is 7.80. The van der Waals surface area contributed by atoms with E-state index >= 15 is 0 Å². The molecular weight excluding hydrogens is 394 g/mol. The van der Waals surface area contributed by atoms with Crippen molar-refractivity contribution >= 4 is 17.4 Å². The first kappa shape index (κ1) is 22.5. The van der Waals surface area contributed by atoms with Gasteiger partial charge in [0, 0.05) is 24.5 Å². The van der Waals surface area contributed by atoms with E-state index in [9.17, 15) is 14.7 Å². The minimum Gasteiger partial charge on any atom is -0.507 e. The van der Waals surface area contributed by atoms with E-state index in [1.54, 1.807) is 17.0 Å². The second kappa shape index (κ2) is 10.2. The van der Waals surface area contributed by atoms with Gasteiger partial charge in [0.25, 0.3) is 11.7 Å². The molecule has 2 aromatic rings. The van der Waals surface area contributed by atoms with Crippen LogP contribution in [0.4, 0.5) is 0 Å². The monoisotopic (exact) mass is 423 g/mol. The lowest BCUT2D eigenvalue weighted by atomic mass is 9.95. The van der Waals surface area contributed by atoms with Crippen LogP contribution in [0.1, 0.15) is 36.9 Å². The molecule has 7 nitrogen and oxygen atoms in total. The van der Waals surface area contributed by atoms with E-state index < -0.39 is 17.7 Å². The van der Waals surface area contributed by atoms with Crippen LogP contribution in [0.5, 0.6) is 5.75 Å². The molecule has 1 atom stereocenters. The summed E-state index contributed by atoms with van der Waals surface area (Å²) in [6.07, 6.45) is 4.69. The molecule has 0 unspecified atom stereocenters. The average molecular weight is 424 g/mol. The average Bonchev–Trinajstić information content (AvgIpc) is 3.03. The van der Waals surface area contributed by atoms with Crippen molar-refractivity contribution in [1.29, 1.82) is 0 Å². The predicted molar refractivity (Wildman–Crippen MR) is 119 cm³/mol. The summed E-state index contributed by atoms with van der Waals surface area (Å²) in [6, 6.07) is 9.94. The van der Waals surface area contributed by atoms with Crippen molar-refractivity contribution < 1.29 is 19.4 Å². The number of hydrogen-bond donors (Lipinski definition) is 1. The number of aliphatic hydroxyl groups excluding tert-OH is 1. The van der Waals surface area contributed by atoms with Crippen molar-refractivity contribution in [2.45, 2.75) is 25.8 Å². The van der Waals surface area contributed by atoms with E-state index in [1.165, 1.54) is 12.4 Å².